The van der Waals surface area contributed by atoms with Crippen molar-refractivity contribution >= 4 is 50.2 Å². The molecular formula is C30H29Cl2N3O6S. The number of fused-ring (bicyclic) bond motifs is 3. The van der Waals surface area contributed by atoms with Crippen LogP contribution < -0.4 is 14.2 Å². The number of benzene rings is 3. The number of rotatable bonds is 9. The summed E-state index contributed by atoms with van der Waals surface area (Å²) < 4.78 is 37.9. The molecule has 3 N–H and O–H groups in total. The molecule has 1 aliphatic carbocycles. The number of aliphatic hydroxyl groups is 1. The molecule has 2 unspecified atom stereocenters. The molecule has 3 aromatic carbocycles. The van der Waals surface area contributed by atoms with Gasteiger partial charge in [-0.1, -0.05) is 35.3 Å². The first-order valence-corrected chi connectivity index (χ1v) is 15.9. The van der Waals surface area contributed by atoms with Crippen LogP contribution in [0.3, 0.4) is 0 Å². The number of amides is 1. The van der Waals surface area contributed by atoms with E-state index in [1.54, 1.807) is 41.3 Å². The van der Waals surface area contributed by atoms with E-state index in [0.29, 0.717) is 47.4 Å². The number of hydrogen-bond donors (Lipinski definition) is 3. The Bertz CT molecular complexity index is 1710. The first kappa shape index (κ1) is 28.8. The highest BCUT2D eigenvalue weighted by Gasteiger charge is 2.37. The first-order valence-electron chi connectivity index (χ1n) is 13.6. The van der Waals surface area contributed by atoms with Crippen LogP contribution in [-0.2, 0) is 16.4 Å². The van der Waals surface area contributed by atoms with Crippen LogP contribution >= 0.6 is 23.2 Å². The van der Waals surface area contributed by atoms with E-state index in [4.69, 9.17) is 32.7 Å². The molecule has 2 heterocycles. The number of carbonyl (C=O) groups is 1. The summed E-state index contributed by atoms with van der Waals surface area (Å²) in [6.45, 7) is 0.226. The summed E-state index contributed by atoms with van der Waals surface area (Å²) in [5.74, 6) is 0.886. The lowest BCUT2D eigenvalue weighted by atomic mass is 9.92. The van der Waals surface area contributed by atoms with Crippen molar-refractivity contribution in [2.24, 2.45) is 0 Å². The van der Waals surface area contributed by atoms with Crippen LogP contribution in [0.5, 0.6) is 11.5 Å². The number of aromatic amines is 1. The van der Waals surface area contributed by atoms with Crippen molar-refractivity contribution in [1.29, 1.82) is 0 Å². The van der Waals surface area contributed by atoms with Crippen LogP contribution in [-0.4, -0.2) is 60.6 Å². The van der Waals surface area contributed by atoms with E-state index in [0.717, 1.165) is 27.7 Å². The maximum Gasteiger partial charge on any atom is 0.416 e. The van der Waals surface area contributed by atoms with Gasteiger partial charge >= 0.3 is 6.09 Å². The van der Waals surface area contributed by atoms with Crippen LogP contribution in [0.4, 0.5) is 4.79 Å². The van der Waals surface area contributed by atoms with Gasteiger partial charge in [0.05, 0.1) is 5.25 Å². The van der Waals surface area contributed by atoms with Crippen LogP contribution in [0.1, 0.15) is 35.7 Å². The second kappa shape index (κ2) is 11.8. The average molecular weight is 631 g/mol. The lowest BCUT2D eigenvalue weighted by molar-refractivity contribution is 0.111. The van der Waals surface area contributed by atoms with Gasteiger partial charge in [-0.25, -0.2) is 17.9 Å². The number of ether oxygens (including phenoxy) is 2. The van der Waals surface area contributed by atoms with Crippen molar-refractivity contribution in [3.05, 3.63) is 93.6 Å². The second-order valence-corrected chi connectivity index (χ2v) is 13.4. The number of sulfonamides is 1. The van der Waals surface area contributed by atoms with Gasteiger partial charge in [0, 0.05) is 39.7 Å². The average Bonchev–Trinajstić information content (AvgIpc) is 3.79. The van der Waals surface area contributed by atoms with Crippen LogP contribution in [0.15, 0.2) is 66.7 Å². The fraction of sp³-hybridized carbons (Fsp3) is 0.300. The number of nitrogens with zero attached hydrogens (tertiary/aromatic N) is 1. The number of nitrogens with one attached hydrogen (secondary N) is 2. The predicted octanol–water partition coefficient (Wildman–Crippen LogP) is 5.44. The third kappa shape index (κ3) is 6.23. The third-order valence-corrected chi connectivity index (χ3v) is 9.87. The Kier molecular flexibility index (Phi) is 8.08. The summed E-state index contributed by atoms with van der Waals surface area (Å²) in [6.07, 6.45) is 0.418. The SMILES string of the molecule is O=C(Oc1ccc(Cl)cc1)N1CCc2c([nH]c3ccc(Cl)cc23)C1c1ccc(OCC(O)CNS(=O)(=O)C2CC2)cc1. The molecule has 4 aromatic rings. The van der Waals surface area contributed by atoms with E-state index in [-0.39, 0.29) is 18.4 Å². The molecule has 1 saturated carbocycles. The van der Waals surface area contributed by atoms with Crippen LogP contribution in [0.25, 0.3) is 10.9 Å². The van der Waals surface area contributed by atoms with Crippen molar-refractivity contribution in [2.75, 3.05) is 19.7 Å². The number of aromatic nitrogens is 1. The lowest BCUT2D eigenvalue weighted by Gasteiger charge is -2.35. The molecule has 2 atom stereocenters. The Morgan fingerprint density at radius 1 is 1.02 bits per heavy atom. The van der Waals surface area contributed by atoms with E-state index >= 15 is 0 Å². The molecule has 12 heteroatoms. The monoisotopic (exact) mass is 629 g/mol. The molecule has 0 spiro atoms. The van der Waals surface area contributed by atoms with Crippen LogP contribution in [0.2, 0.25) is 10.0 Å². The minimum Gasteiger partial charge on any atom is -0.491 e. The maximum atomic E-state index is 13.5. The van der Waals surface area contributed by atoms with Crippen molar-refractivity contribution < 1.29 is 27.8 Å². The molecule has 9 nitrogen and oxygen atoms in total. The number of carbonyl (C=O) groups excluding carboxylic acids is 1. The number of aliphatic hydroxyl groups excluding tert-OH is 1. The molecular weight excluding hydrogens is 601 g/mol. The van der Waals surface area contributed by atoms with Gasteiger partial charge in [-0.15, -0.1) is 0 Å². The zero-order valence-electron chi connectivity index (χ0n) is 22.4. The lowest BCUT2D eigenvalue weighted by Crippen LogP contribution is -2.42. The highest BCUT2D eigenvalue weighted by atomic mass is 35.5. The molecule has 1 aliphatic heterocycles. The zero-order chi connectivity index (χ0) is 29.4. The second-order valence-electron chi connectivity index (χ2n) is 10.5. The summed E-state index contributed by atoms with van der Waals surface area (Å²) in [5, 5.41) is 12.1. The van der Waals surface area contributed by atoms with Gasteiger partial charge in [-0.2, -0.15) is 0 Å². The largest absolute Gasteiger partial charge is 0.491 e. The molecule has 42 heavy (non-hydrogen) atoms. The summed E-state index contributed by atoms with van der Waals surface area (Å²) in [7, 11) is -3.38. The molecule has 0 saturated heterocycles. The molecule has 1 aromatic heterocycles. The Labute approximate surface area is 253 Å². The first-order chi connectivity index (χ1) is 20.2. The standard InChI is InChI=1S/C30H29Cl2N3O6S/c31-19-3-8-23(9-4-19)41-30(37)35-14-13-25-26-15-20(32)5-12-27(26)34-28(25)29(35)18-1-6-22(7-2-18)40-17-21(36)16-33-42(38,39)24-10-11-24/h1-9,12,15,21,24,29,33-34,36H,10-11,13-14,16-17H2. The molecule has 0 radical (unpaired) electrons. The maximum absolute atomic E-state index is 13.5. The molecule has 2 aliphatic rings. The minimum absolute atomic E-state index is 0.0809. The Morgan fingerprint density at radius 3 is 2.43 bits per heavy atom. The van der Waals surface area contributed by atoms with Gasteiger partial charge < -0.3 is 19.6 Å². The molecule has 0 bridgehead atoms. The molecule has 6 rings (SSSR count). The van der Waals surface area contributed by atoms with Gasteiger partial charge in [-0.3, -0.25) is 4.90 Å². The summed E-state index contributed by atoms with van der Waals surface area (Å²) in [4.78, 5) is 18.6. The van der Waals surface area contributed by atoms with E-state index in [9.17, 15) is 18.3 Å². The van der Waals surface area contributed by atoms with Crippen molar-refractivity contribution in [3.63, 3.8) is 0 Å². The normalized spacial score (nSPS) is 17.6. The van der Waals surface area contributed by atoms with Crippen LogP contribution in [0, 0.1) is 0 Å². The summed E-state index contributed by atoms with van der Waals surface area (Å²) in [6, 6.07) is 19.1. The van der Waals surface area contributed by atoms with Gasteiger partial charge in [0.25, 0.3) is 0 Å². The number of H-pyrrole nitrogens is 1. The van der Waals surface area contributed by atoms with Crippen molar-refractivity contribution in [1.82, 2.24) is 14.6 Å². The van der Waals surface area contributed by atoms with Gasteiger partial charge in [-0.05, 0) is 85.0 Å². The summed E-state index contributed by atoms with van der Waals surface area (Å²) >= 11 is 12.3. The van der Waals surface area contributed by atoms with E-state index < -0.39 is 28.3 Å². The van der Waals surface area contributed by atoms with E-state index in [1.807, 2.05) is 30.3 Å². The van der Waals surface area contributed by atoms with Crippen molar-refractivity contribution in [3.8, 4) is 11.5 Å². The van der Waals surface area contributed by atoms with Gasteiger partial charge in [0.15, 0.2) is 0 Å². The van der Waals surface area contributed by atoms with Crippen molar-refractivity contribution in [2.45, 2.75) is 36.7 Å². The number of hydrogen-bond acceptors (Lipinski definition) is 6. The third-order valence-electron chi connectivity index (χ3n) is 7.46. The predicted molar refractivity (Wildman–Crippen MR) is 161 cm³/mol. The fourth-order valence-corrected chi connectivity index (χ4v) is 6.89. The van der Waals surface area contributed by atoms with Gasteiger partial charge in [0.1, 0.15) is 30.3 Å². The fourth-order valence-electron chi connectivity index (χ4n) is 5.17. The Balaban J connectivity index is 1.22. The summed E-state index contributed by atoms with van der Waals surface area (Å²) in [5.41, 5.74) is 3.71. The molecule has 1 fully saturated rings. The minimum atomic E-state index is -3.38. The number of halogens is 2. The highest BCUT2D eigenvalue weighted by Crippen LogP contribution is 2.40. The quantitative estimate of drug-likeness (QED) is 0.227. The topological polar surface area (TPSA) is 121 Å². The molecule has 220 valence electrons. The Hall–Kier alpha value is -3.28. The highest BCUT2D eigenvalue weighted by molar-refractivity contribution is 7.90. The van der Waals surface area contributed by atoms with Gasteiger partial charge in [0.2, 0.25) is 10.0 Å². The van der Waals surface area contributed by atoms with E-state index in [1.165, 1.54) is 0 Å². The van der Waals surface area contributed by atoms with E-state index in [2.05, 4.69) is 9.71 Å². The zero-order valence-corrected chi connectivity index (χ0v) is 24.8. The molecule has 1 amide bonds. The smallest absolute Gasteiger partial charge is 0.416 e. The Morgan fingerprint density at radius 2 is 1.71 bits per heavy atom.